The summed E-state index contributed by atoms with van der Waals surface area (Å²) < 4.78 is 5.02. The molecule has 1 saturated carbocycles. The molecule has 0 aromatic heterocycles. The van der Waals surface area contributed by atoms with E-state index in [1.165, 1.54) is 11.1 Å². The molecule has 2 rings (SSSR count). The maximum atomic E-state index is 11.5. The molecule has 2 atom stereocenters. The Morgan fingerprint density at radius 2 is 2.00 bits per heavy atom. The Morgan fingerprint density at radius 1 is 1.35 bits per heavy atom. The van der Waals surface area contributed by atoms with Gasteiger partial charge in [0.15, 0.2) is 0 Å². The van der Waals surface area contributed by atoms with Gasteiger partial charge in [0.1, 0.15) is 0 Å². The number of hydrogen-bond acceptors (Lipinski definition) is 2. The average molecular weight is 234 g/mol. The molecule has 2 heteroatoms. The van der Waals surface area contributed by atoms with E-state index < -0.39 is 0 Å². The fourth-order valence-electron chi connectivity index (χ4n) is 2.05. The standard InChI is InChI=1S/C13H16O2.C2H6/c1-3-15-13(14)12-8-11(12)10-7-5-4-6-9(10)2;1-2/h4-7,11-12H,3,8H2,1-2H3;1-2H3. The van der Waals surface area contributed by atoms with Crippen LogP contribution in [0.15, 0.2) is 24.3 Å². The van der Waals surface area contributed by atoms with Crippen molar-refractivity contribution >= 4 is 5.97 Å². The van der Waals surface area contributed by atoms with Gasteiger partial charge in [-0.15, -0.1) is 0 Å². The number of rotatable bonds is 3. The van der Waals surface area contributed by atoms with Crippen molar-refractivity contribution in [1.29, 1.82) is 0 Å². The van der Waals surface area contributed by atoms with Crippen LogP contribution >= 0.6 is 0 Å². The smallest absolute Gasteiger partial charge is 0.309 e. The minimum Gasteiger partial charge on any atom is -0.466 e. The van der Waals surface area contributed by atoms with Gasteiger partial charge < -0.3 is 4.74 Å². The Bertz CT molecular complexity index is 371. The van der Waals surface area contributed by atoms with Crippen LogP contribution in [0, 0.1) is 12.8 Å². The normalized spacial score (nSPS) is 21.2. The van der Waals surface area contributed by atoms with Crippen molar-refractivity contribution in [3.05, 3.63) is 35.4 Å². The van der Waals surface area contributed by atoms with E-state index >= 15 is 0 Å². The molecule has 0 amide bonds. The van der Waals surface area contributed by atoms with Crippen molar-refractivity contribution in [2.24, 2.45) is 5.92 Å². The van der Waals surface area contributed by atoms with Crippen LogP contribution < -0.4 is 0 Å². The molecule has 1 aromatic carbocycles. The van der Waals surface area contributed by atoms with Crippen LogP contribution in [0.3, 0.4) is 0 Å². The Labute approximate surface area is 104 Å². The van der Waals surface area contributed by atoms with E-state index in [9.17, 15) is 4.79 Å². The number of carbonyl (C=O) groups is 1. The lowest BCUT2D eigenvalue weighted by molar-refractivity contribution is -0.144. The van der Waals surface area contributed by atoms with E-state index in [1.807, 2.05) is 32.9 Å². The maximum absolute atomic E-state index is 11.5. The first kappa shape index (κ1) is 13.8. The van der Waals surface area contributed by atoms with Gasteiger partial charge in [-0.1, -0.05) is 38.1 Å². The highest BCUT2D eigenvalue weighted by molar-refractivity contribution is 5.77. The molecule has 0 bridgehead atoms. The summed E-state index contributed by atoms with van der Waals surface area (Å²) in [6.45, 7) is 8.43. The van der Waals surface area contributed by atoms with Gasteiger partial charge in [0.05, 0.1) is 12.5 Å². The van der Waals surface area contributed by atoms with Crippen LogP contribution in [0.1, 0.15) is 44.2 Å². The molecule has 0 N–H and O–H groups in total. The van der Waals surface area contributed by atoms with Gasteiger partial charge in [0.2, 0.25) is 0 Å². The molecular weight excluding hydrogens is 212 g/mol. The predicted molar refractivity (Wildman–Crippen MR) is 70.0 cm³/mol. The highest BCUT2D eigenvalue weighted by Gasteiger charge is 2.45. The van der Waals surface area contributed by atoms with Crippen LogP contribution in [0.25, 0.3) is 0 Å². The first-order chi connectivity index (χ1) is 8.24. The van der Waals surface area contributed by atoms with E-state index in [1.54, 1.807) is 0 Å². The van der Waals surface area contributed by atoms with Crippen LogP contribution in [0.4, 0.5) is 0 Å². The summed E-state index contributed by atoms with van der Waals surface area (Å²) >= 11 is 0. The highest BCUT2D eigenvalue weighted by atomic mass is 16.5. The lowest BCUT2D eigenvalue weighted by atomic mass is 10.0. The summed E-state index contributed by atoms with van der Waals surface area (Å²) in [5.41, 5.74) is 2.57. The van der Waals surface area contributed by atoms with Crippen LogP contribution in [0.5, 0.6) is 0 Å². The lowest BCUT2D eigenvalue weighted by Crippen LogP contribution is -2.07. The molecule has 0 aliphatic heterocycles. The summed E-state index contributed by atoms with van der Waals surface area (Å²) in [5.74, 6) is 0.460. The second kappa shape index (κ2) is 6.43. The van der Waals surface area contributed by atoms with Gasteiger partial charge in [0.25, 0.3) is 0 Å². The molecule has 17 heavy (non-hydrogen) atoms. The number of aryl methyl sites for hydroxylation is 1. The van der Waals surface area contributed by atoms with E-state index in [4.69, 9.17) is 4.74 Å². The van der Waals surface area contributed by atoms with Crippen molar-refractivity contribution in [3.63, 3.8) is 0 Å². The second-order valence-electron chi connectivity index (χ2n) is 4.06. The predicted octanol–water partition coefficient (Wildman–Crippen LogP) is 3.69. The quantitative estimate of drug-likeness (QED) is 0.746. The molecule has 0 saturated heterocycles. The maximum Gasteiger partial charge on any atom is 0.309 e. The van der Waals surface area contributed by atoms with Crippen LogP contribution in [-0.4, -0.2) is 12.6 Å². The van der Waals surface area contributed by atoms with Gasteiger partial charge in [-0.3, -0.25) is 4.79 Å². The van der Waals surface area contributed by atoms with E-state index in [2.05, 4.69) is 19.1 Å². The summed E-state index contributed by atoms with van der Waals surface area (Å²) in [7, 11) is 0. The molecule has 94 valence electrons. The van der Waals surface area contributed by atoms with E-state index in [0.29, 0.717) is 12.5 Å². The number of hydrogen-bond donors (Lipinski definition) is 0. The molecule has 1 aliphatic carbocycles. The van der Waals surface area contributed by atoms with Gasteiger partial charge in [0, 0.05) is 0 Å². The molecule has 0 spiro atoms. The number of carbonyl (C=O) groups excluding carboxylic acids is 1. The lowest BCUT2D eigenvalue weighted by Gasteiger charge is -2.04. The molecule has 0 radical (unpaired) electrons. The van der Waals surface area contributed by atoms with Gasteiger partial charge in [-0.25, -0.2) is 0 Å². The van der Waals surface area contributed by atoms with E-state index in [-0.39, 0.29) is 11.9 Å². The Hall–Kier alpha value is -1.31. The number of ether oxygens (including phenoxy) is 1. The van der Waals surface area contributed by atoms with Crippen LogP contribution in [-0.2, 0) is 9.53 Å². The van der Waals surface area contributed by atoms with Crippen molar-refractivity contribution < 1.29 is 9.53 Å². The van der Waals surface area contributed by atoms with Gasteiger partial charge in [-0.05, 0) is 37.3 Å². The molecular formula is C15H22O2. The number of benzene rings is 1. The fourth-order valence-corrected chi connectivity index (χ4v) is 2.05. The Balaban J connectivity index is 0.000000686. The number of esters is 1. The van der Waals surface area contributed by atoms with Crippen molar-refractivity contribution in [2.45, 2.75) is 40.0 Å². The van der Waals surface area contributed by atoms with Crippen molar-refractivity contribution in [1.82, 2.24) is 0 Å². The third kappa shape index (κ3) is 3.32. The van der Waals surface area contributed by atoms with Gasteiger partial charge in [-0.2, -0.15) is 0 Å². The zero-order valence-corrected chi connectivity index (χ0v) is 11.2. The average Bonchev–Trinajstić information content (AvgIpc) is 3.13. The SMILES string of the molecule is CC.CCOC(=O)C1CC1c1ccccc1C. The minimum absolute atomic E-state index is 0.0363. The minimum atomic E-state index is -0.0363. The Morgan fingerprint density at radius 3 is 2.59 bits per heavy atom. The molecule has 1 fully saturated rings. The van der Waals surface area contributed by atoms with Gasteiger partial charge >= 0.3 is 5.97 Å². The molecule has 0 heterocycles. The summed E-state index contributed by atoms with van der Waals surface area (Å²) in [6.07, 6.45) is 0.948. The third-order valence-electron chi connectivity index (χ3n) is 2.97. The first-order valence-corrected chi connectivity index (χ1v) is 6.46. The highest BCUT2D eigenvalue weighted by Crippen LogP contribution is 2.49. The first-order valence-electron chi connectivity index (χ1n) is 6.46. The third-order valence-corrected chi connectivity index (χ3v) is 2.97. The summed E-state index contributed by atoms with van der Waals surface area (Å²) in [6, 6.07) is 8.26. The zero-order valence-electron chi connectivity index (χ0n) is 11.2. The Kier molecular flexibility index (Phi) is 5.20. The summed E-state index contributed by atoms with van der Waals surface area (Å²) in [4.78, 5) is 11.5. The zero-order chi connectivity index (χ0) is 12.8. The largest absolute Gasteiger partial charge is 0.466 e. The van der Waals surface area contributed by atoms with Crippen molar-refractivity contribution in [2.75, 3.05) is 6.61 Å². The van der Waals surface area contributed by atoms with E-state index in [0.717, 1.165) is 6.42 Å². The topological polar surface area (TPSA) is 26.3 Å². The van der Waals surface area contributed by atoms with Crippen LogP contribution in [0.2, 0.25) is 0 Å². The molecule has 1 aliphatic rings. The van der Waals surface area contributed by atoms with Crippen molar-refractivity contribution in [3.8, 4) is 0 Å². The monoisotopic (exact) mass is 234 g/mol. The second-order valence-corrected chi connectivity index (χ2v) is 4.06. The molecule has 1 aromatic rings. The molecule has 2 unspecified atom stereocenters. The molecule has 2 nitrogen and oxygen atoms in total. The fraction of sp³-hybridized carbons (Fsp3) is 0.533. The summed E-state index contributed by atoms with van der Waals surface area (Å²) in [5, 5.41) is 0.